The second-order valence-corrected chi connectivity index (χ2v) is 6.83. The molecule has 0 aliphatic rings. The van der Waals surface area contributed by atoms with Crippen LogP contribution in [-0.4, -0.2) is 35.7 Å². The van der Waals surface area contributed by atoms with Gasteiger partial charge in [-0.3, -0.25) is 0 Å². The molecule has 5 heteroatoms. The molecule has 118 valence electrons. The Labute approximate surface area is 122 Å². The van der Waals surface area contributed by atoms with Gasteiger partial charge < -0.3 is 19.9 Å². The molecule has 2 N–H and O–H groups in total. The van der Waals surface area contributed by atoms with Crippen LogP contribution in [0.5, 0.6) is 0 Å². The molecule has 0 aromatic heterocycles. The van der Waals surface area contributed by atoms with Gasteiger partial charge in [0.25, 0.3) is 0 Å². The molecule has 0 aromatic rings. The van der Waals surface area contributed by atoms with Crippen molar-refractivity contribution in [2.75, 3.05) is 6.61 Å². The first kappa shape index (κ1) is 18.9. The topological polar surface area (TPSA) is 67.8 Å². The Hall–Kier alpha value is -1.07. The Kier molecular flexibility index (Phi) is 7.23. The molecular weight excluding hydrogens is 258 g/mol. The van der Waals surface area contributed by atoms with Crippen LogP contribution in [0, 0.1) is 5.41 Å². The number of ether oxygens (including phenoxy) is 2. The van der Waals surface area contributed by atoms with E-state index in [1.165, 1.54) is 0 Å². The smallest absolute Gasteiger partial charge is 0.408 e. The van der Waals surface area contributed by atoms with Crippen LogP contribution in [0.3, 0.4) is 0 Å². The lowest BCUT2D eigenvalue weighted by Gasteiger charge is -2.35. The number of alkyl carbamates (subject to hydrolysis) is 1. The van der Waals surface area contributed by atoms with E-state index in [-0.39, 0.29) is 5.41 Å². The molecule has 0 spiro atoms. The Morgan fingerprint density at radius 2 is 1.85 bits per heavy atom. The highest BCUT2D eigenvalue weighted by Gasteiger charge is 2.34. The summed E-state index contributed by atoms with van der Waals surface area (Å²) >= 11 is 0. The van der Waals surface area contributed by atoms with E-state index in [1.807, 2.05) is 20.8 Å². The monoisotopic (exact) mass is 287 g/mol. The van der Waals surface area contributed by atoms with Gasteiger partial charge in [0.1, 0.15) is 5.60 Å². The number of nitrogens with one attached hydrogen (secondary N) is 1. The number of hydrogen-bond acceptors (Lipinski definition) is 4. The van der Waals surface area contributed by atoms with Gasteiger partial charge in [-0.2, -0.15) is 0 Å². The molecule has 5 nitrogen and oxygen atoms in total. The zero-order valence-electron chi connectivity index (χ0n) is 13.5. The SMILES string of the molecule is C=CCCOC(O)[C@@H](NC(=O)OC(C)(C)C)C(C)(C)C. The van der Waals surface area contributed by atoms with Gasteiger partial charge in [-0.15, -0.1) is 6.58 Å². The molecule has 0 fully saturated rings. The van der Waals surface area contributed by atoms with Crippen molar-refractivity contribution in [1.29, 1.82) is 0 Å². The van der Waals surface area contributed by atoms with Crippen LogP contribution in [0.4, 0.5) is 4.79 Å². The molecule has 0 bridgehead atoms. The van der Waals surface area contributed by atoms with E-state index in [9.17, 15) is 9.90 Å². The average molecular weight is 287 g/mol. The first-order valence-corrected chi connectivity index (χ1v) is 6.87. The van der Waals surface area contributed by atoms with Gasteiger partial charge in [0.15, 0.2) is 6.29 Å². The van der Waals surface area contributed by atoms with Gasteiger partial charge in [0, 0.05) is 0 Å². The maximum Gasteiger partial charge on any atom is 0.408 e. The van der Waals surface area contributed by atoms with Crippen LogP contribution < -0.4 is 5.32 Å². The zero-order valence-corrected chi connectivity index (χ0v) is 13.5. The highest BCUT2D eigenvalue weighted by Crippen LogP contribution is 2.23. The normalized spacial score (nSPS) is 15.3. The number of aliphatic hydroxyl groups excluding tert-OH is 1. The van der Waals surface area contributed by atoms with Crippen molar-refractivity contribution < 1.29 is 19.4 Å². The molecule has 2 atom stereocenters. The van der Waals surface area contributed by atoms with Crippen molar-refractivity contribution in [3.63, 3.8) is 0 Å². The third-order valence-corrected chi connectivity index (χ3v) is 2.50. The van der Waals surface area contributed by atoms with Gasteiger partial charge in [0.2, 0.25) is 0 Å². The van der Waals surface area contributed by atoms with Crippen molar-refractivity contribution in [2.24, 2.45) is 5.41 Å². The van der Waals surface area contributed by atoms with Crippen LogP contribution >= 0.6 is 0 Å². The summed E-state index contributed by atoms with van der Waals surface area (Å²) in [5.74, 6) is 0. The summed E-state index contributed by atoms with van der Waals surface area (Å²) in [5, 5.41) is 12.8. The number of carbonyl (C=O) groups is 1. The fourth-order valence-electron chi connectivity index (χ4n) is 1.52. The second-order valence-electron chi connectivity index (χ2n) is 6.83. The summed E-state index contributed by atoms with van der Waals surface area (Å²) in [6, 6.07) is -0.567. The fourth-order valence-corrected chi connectivity index (χ4v) is 1.52. The Morgan fingerprint density at radius 1 is 1.30 bits per heavy atom. The first-order valence-electron chi connectivity index (χ1n) is 6.87. The maximum absolute atomic E-state index is 11.8. The molecular formula is C15H29NO4. The number of amides is 1. The standard InChI is InChI=1S/C15H29NO4/c1-8-9-10-19-12(17)11(14(2,3)4)16-13(18)20-15(5,6)7/h8,11-12,17H,1,9-10H2,2-7H3,(H,16,18)/t11-,12?/m1/s1. The Balaban J connectivity index is 4.65. The predicted octanol–water partition coefficient (Wildman–Crippen LogP) is 2.84. The molecule has 0 heterocycles. The van der Waals surface area contributed by atoms with E-state index >= 15 is 0 Å². The molecule has 20 heavy (non-hydrogen) atoms. The van der Waals surface area contributed by atoms with Crippen molar-refractivity contribution in [3.05, 3.63) is 12.7 Å². The number of hydrogen-bond donors (Lipinski definition) is 2. The van der Waals surface area contributed by atoms with Crippen molar-refractivity contribution in [2.45, 2.75) is 65.9 Å². The van der Waals surface area contributed by atoms with Gasteiger partial charge in [-0.25, -0.2) is 4.79 Å². The zero-order chi connectivity index (χ0) is 16.0. The largest absolute Gasteiger partial charge is 0.444 e. The Bertz CT molecular complexity index is 315. The summed E-state index contributed by atoms with van der Waals surface area (Å²) < 4.78 is 10.5. The second kappa shape index (κ2) is 7.64. The van der Waals surface area contributed by atoms with E-state index in [4.69, 9.17) is 9.47 Å². The molecule has 0 aliphatic carbocycles. The van der Waals surface area contributed by atoms with Gasteiger partial charge in [0.05, 0.1) is 12.6 Å². The number of aliphatic hydroxyl groups is 1. The molecule has 0 saturated heterocycles. The quantitative estimate of drug-likeness (QED) is 0.448. The lowest BCUT2D eigenvalue weighted by Crippen LogP contribution is -2.53. The van der Waals surface area contributed by atoms with Crippen LogP contribution in [0.15, 0.2) is 12.7 Å². The third-order valence-electron chi connectivity index (χ3n) is 2.50. The summed E-state index contributed by atoms with van der Waals surface area (Å²) in [7, 11) is 0. The van der Waals surface area contributed by atoms with Crippen molar-refractivity contribution >= 4 is 6.09 Å². The molecule has 1 unspecified atom stereocenters. The minimum atomic E-state index is -1.09. The van der Waals surface area contributed by atoms with E-state index in [1.54, 1.807) is 26.8 Å². The van der Waals surface area contributed by atoms with Crippen LogP contribution in [0.25, 0.3) is 0 Å². The van der Waals surface area contributed by atoms with E-state index in [2.05, 4.69) is 11.9 Å². The van der Waals surface area contributed by atoms with E-state index in [0.717, 1.165) is 0 Å². The highest BCUT2D eigenvalue weighted by atomic mass is 16.6. The fraction of sp³-hybridized carbons (Fsp3) is 0.800. The molecule has 0 aliphatic heterocycles. The average Bonchev–Trinajstić information content (AvgIpc) is 2.22. The summed E-state index contributed by atoms with van der Waals surface area (Å²) in [5.41, 5.74) is -0.953. The van der Waals surface area contributed by atoms with Crippen LogP contribution in [0.2, 0.25) is 0 Å². The lowest BCUT2D eigenvalue weighted by atomic mass is 9.86. The highest BCUT2D eigenvalue weighted by molar-refractivity contribution is 5.68. The van der Waals surface area contributed by atoms with Crippen LogP contribution in [0.1, 0.15) is 48.0 Å². The Morgan fingerprint density at radius 3 is 2.25 bits per heavy atom. The minimum absolute atomic E-state index is 0.354. The van der Waals surface area contributed by atoms with Gasteiger partial charge in [-0.1, -0.05) is 26.8 Å². The van der Waals surface area contributed by atoms with Gasteiger partial charge >= 0.3 is 6.09 Å². The first-order chi connectivity index (χ1) is 8.97. The van der Waals surface area contributed by atoms with Crippen molar-refractivity contribution in [3.8, 4) is 0 Å². The summed E-state index contributed by atoms with van der Waals surface area (Å²) in [6.07, 6.45) is 0.687. The number of carbonyl (C=O) groups excluding carboxylic acids is 1. The number of rotatable bonds is 6. The predicted molar refractivity (Wildman–Crippen MR) is 79.4 cm³/mol. The minimum Gasteiger partial charge on any atom is -0.444 e. The molecule has 0 saturated carbocycles. The summed E-state index contributed by atoms with van der Waals surface area (Å²) in [4.78, 5) is 11.8. The molecule has 0 radical (unpaired) electrons. The van der Waals surface area contributed by atoms with E-state index in [0.29, 0.717) is 13.0 Å². The van der Waals surface area contributed by atoms with Crippen LogP contribution in [-0.2, 0) is 9.47 Å². The molecule has 1 amide bonds. The maximum atomic E-state index is 11.8. The van der Waals surface area contributed by atoms with Gasteiger partial charge in [-0.05, 0) is 32.6 Å². The van der Waals surface area contributed by atoms with Crippen molar-refractivity contribution in [1.82, 2.24) is 5.32 Å². The molecule has 0 rings (SSSR count). The summed E-state index contributed by atoms with van der Waals surface area (Å²) in [6.45, 7) is 15.0. The molecule has 0 aromatic carbocycles. The third kappa shape index (κ3) is 8.17. The lowest BCUT2D eigenvalue weighted by molar-refractivity contribution is -0.137. The van der Waals surface area contributed by atoms with E-state index < -0.39 is 24.0 Å².